The Kier molecular flexibility index (Phi) is 4.28. The molecule has 1 aromatic heterocycles. The quantitative estimate of drug-likeness (QED) is 0.831. The van der Waals surface area contributed by atoms with E-state index in [1.807, 2.05) is 13.8 Å². The Morgan fingerprint density at radius 1 is 1.25 bits per heavy atom. The van der Waals surface area contributed by atoms with Crippen LogP contribution in [-0.2, 0) is 11.3 Å². The largest absolute Gasteiger partial charge is 0.372 e. The van der Waals surface area contributed by atoms with E-state index < -0.39 is 11.1 Å². The number of aromatic amines is 1. The van der Waals surface area contributed by atoms with Crippen LogP contribution < -0.4 is 11.1 Å². The van der Waals surface area contributed by atoms with Crippen LogP contribution in [0.15, 0.2) is 27.8 Å². The maximum Gasteiger partial charge on any atom is 0.316 e. The molecular weight excluding hydrogens is 310 g/mol. The van der Waals surface area contributed by atoms with Crippen molar-refractivity contribution in [2.45, 2.75) is 39.5 Å². The van der Waals surface area contributed by atoms with Gasteiger partial charge in [0.05, 0.1) is 23.2 Å². The molecule has 0 saturated carbocycles. The van der Waals surface area contributed by atoms with E-state index in [4.69, 9.17) is 4.74 Å². The number of nitrogens with one attached hydrogen (secondary N) is 1. The number of morpholine rings is 1. The fraction of sp³-hybridized carbons (Fsp3) is 0.471. The van der Waals surface area contributed by atoms with E-state index in [2.05, 4.69) is 4.98 Å². The van der Waals surface area contributed by atoms with Gasteiger partial charge in [-0.15, -0.1) is 0 Å². The Morgan fingerprint density at radius 2 is 1.92 bits per heavy atom. The first-order chi connectivity index (χ1) is 11.4. The molecule has 7 heteroatoms. The van der Waals surface area contributed by atoms with Crippen LogP contribution in [0, 0.1) is 0 Å². The van der Waals surface area contributed by atoms with Gasteiger partial charge in [-0.05, 0) is 39.0 Å². The fourth-order valence-corrected chi connectivity index (χ4v) is 3.25. The van der Waals surface area contributed by atoms with Crippen molar-refractivity contribution in [2.24, 2.45) is 0 Å². The summed E-state index contributed by atoms with van der Waals surface area (Å²) in [6.07, 6.45) is -0.0218. The minimum Gasteiger partial charge on any atom is -0.372 e. The molecule has 2 unspecified atom stereocenters. The summed E-state index contributed by atoms with van der Waals surface area (Å²) in [6, 6.07) is 5.03. The number of rotatable bonds is 2. The Labute approximate surface area is 138 Å². The Morgan fingerprint density at radius 3 is 2.54 bits per heavy atom. The van der Waals surface area contributed by atoms with Crippen molar-refractivity contribution < 1.29 is 9.53 Å². The third-order valence-corrected chi connectivity index (χ3v) is 4.24. The molecule has 1 fully saturated rings. The minimum absolute atomic E-state index is 0.0109. The topological polar surface area (TPSA) is 84.4 Å². The van der Waals surface area contributed by atoms with E-state index >= 15 is 0 Å². The van der Waals surface area contributed by atoms with E-state index in [0.717, 1.165) is 0 Å². The van der Waals surface area contributed by atoms with Gasteiger partial charge in [0.25, 0.3) is 5.91 Å². The predicted octanol–water partition coefficient (Wildman–Crippen LogP) is 0.959. The van der Waals surface area contributed by atoms with Crippen molar-refractivity contribution in [3.63, 3.8) is 0 Å². The van der Waals surface area contributed by atoms with Crippen LogP contribution in [0.1, 0.15) is 31.1 Å². The van der Waals surface area contributed by atoms with Gasteiger partial charge in [0.15, 0.2) is 0 Å². The van der Waals surface area contributed by atoms with Crippen molar-refractivity contribution in [1.29, 1.82) is 0 Å². The zero-order chi connectivity index (χ0) is 17.4. The van der Waals surface area contributed by atoms with E-state index in [1.54, 1.807) is 30.0 Å². The molecule has 2 aromatic rings. The minimum atomic E-state index is -0.678. The SMILES string of the molecule is CCn1c(=O)c(=O)[nH]c2cc(C(=O)N3CC(C)OC(C)C3)ccc21. The Bertz CT molecular complexity index is 889. The second-order valence-corrected chi connectivity index (χ2v) is 6.20. The molecule has 2 heterocycles. The highest BCUT2D eigenvalue weighted by atomic mass is 16.5. The lowest BCUT2D eigenvalue weighted by molar-refractivity contribution is -0.0586. The normalized spacial score (nSPS) is 21.2. The van der Waals surface area contributed by atoms with E-state index in [-0.39, 0.29) is 18.1 Å². The molecule has 1 aromatic carbocycles. The van der Waals surface area contributed by atoms with Gasteiger partial charge in [-0.3, -0.25) is 14.4 Å². The smallest absolute Gasteiger partial charge is 0.316 e. The molecule has 3 rings (SSSR count). The lowest BCUT2D eigenvalue weighted by Gasteiger charge is -2.35. The summed E-state index contributed by atoms with van der Waals surface area (Å²) in [5, 5.41) is 0. The van der Waals surface area contributed by atoms with E-state index in [9.17, 15) is 14.4 Å². The zero-order valence-corrected chi connectivity index (χ0v) is 14.0. The molecule has 1 aliphatic heterocycles. The van der Waals surface area contributed by atoms with Crippen LogP contribution in [0.2, 0.25) is 0 Å². The number of ether oxygens (including phenoxy) is 1. The van der Waals surface area contributed by atoms with Gasteiger partial charge >= 0.3 is 11.1 Å². The van der Waals surface area contributed by atoms with Crippen LogP contribution in [0.3, 0.4) is 0 Å². The summed E-state index contributed by atoms with van der Waals surface area (Å²) in [4.78, 5) is 40.7. The molecule has 1 N–H and O–H groups in total. The molecule has 0 bridgehead atoms. The first-order valence-electron chi connectivity index (χ1n) is 8.12. The molecule has 0 spiro atoms. The van der Waals surface area contributed by atoms with E-state index in [0.29, 0.717) is 36.2 Å². The third-order valence-electron chi connectivity index (χ3n) is 4.24. The van der Waals surface area contributed by atoms with Crippen LogP contribution in [0.25, 0.3) is 11.0 Å². The average molecular weight is 331 g/mol. The van der Waals surface area contributed by atoms with Gasteiger partial charge in [-0.25, -0.2) is 0 Å². The van der Waals surface area contributed by atoms with Gasteiger partial charge in [0.2, 0.25) is 0 Å². The summed E-state index contributed by atoms with van der Waals surface area (Å²) < 4.78 is 7.06. The highest BCUT2D eigenvalue weighted by Gasteiger charge is 2.26. The monoisotopic (exact) mass is 331 g/mol. The summed E-state index contributed by atoms with van der Waals surface area (Å²) in [5.74, 6) is -0.103. The summed E-state index contributed by atoms with van der Waals surface area (Å²) >= 11 is 0. The molecule has 2 atom stereocenters. The lowest BCUT2D eigenvalue weighted by atomic mass is 10.1. The van der Waals surface area contributed by atoms with Crippen molar-refractivity contribution in [1.82, 2.24) is 14.5 Å². The molecule has 1 amide bonds. The highest BCUT2D eigenvalue weighted by Crippen LogP contribution is 2.17. The number of carbonyl (C=O) groups excluding carboxylic acids is 1. The average Bonchev–Trinajstić information content (AvgIpc) is 2.54. The number of amides is 1. The molecule has 1 aliphatic rings. The third kappa shape index (κ3) is 2.87. The van der Waals surface area contributed by atoms with Crippen molar-refractivity contribution >= 4 is 16.9 Å². The molecule has 0 radical (unpaired) electrons. The summed E-state index contributed by atoms with van der Waals surface area (Å²) in [7, 11) is 0. The standard InChI is InChI=1S/C17H21N3O4/c1-4-20-14-6-5-12(7-13(14)18-15(21)17(20)23)16(22)19-8-10(2)24-11(3)9-19/h5-7,10-11H,4,8-9H2,1-3H3,(H,18,21). The Hall–Kier alpha value is -2.41. The number of carbonyl (C=O) groups is 1. The Balaban J connectivity index is 2.02. The van der Waals surface area contributed by atoms with Crippen molar-refractivity contribution in [2.75, 3.05) is 13.1 Å². The maximum absolute atomic E-state index is 12.8. The fourth-order valence-electron chi connectivity index (χ4n) is 3.25. The van der Waals surface area contributed by atoms with Gasteiger partial charge < -0.3 is 19.2 Å². The maximum atomic E-state index is 12.8. The van der Waals surface area contributed by atoms with Gasteiger partial charge in [-0.2, -0.15) is 0 Å². The molecule has 0 aliphatic carbocycles. The van der Waals surface area contributed by atoms with Crippen LogP contribution >= 0.6 is 0 Å². The number of hydrogen-bond acceptors (Lipinski definition) is 4. The second-order valence-electron chi connectivity index (χ2n) is 6.20. The van der Waals surface area contributed by atoms with Crippen molar-refractivity contribution in [3.8, 4) is 0 Å². The first kappa shape index (κ1) is 16.4. The predicted molar refractivity (Wildman–Crippen MR) is 90.4 cm³/mol. The second kappa shape index (κ2) is 6.24. The molecular formula is C17H21N3O4. The summed E-state index contributed by atoms with van der Waals surface area (Å²) in [5.41, 5.74) is 0.326. The van der Waals surface area contributed by atoms with Crippen LogP contribution in [-0.4, -0.2) is 45.7 Å². The van der Waals surface area contributed by atoms with Gasteiger partial charge in [0.1, 0.15) is 0 Å². The van der Waals surface area contributed by atoms with Crippen molar-refractivity contribution in [3.05, 3.63) is 44.5 Å². The van der Waals surface area contributed by atoms with Gasteiger partial charge in [-0.1, -0.05) is 0 Å². The molecule has 128 valence electrons. The number of aryl methyl sites for hydroxylation is 1. The van der Waals surface area contributed by atoms with Crippen LogP contribution in [0.5, 0.6) is 0 Å². The number of benzene rings is 1. The number of aromatic nitrogens is 2. The number of H-pyrrole nitrogens is 1. The number of fused-ring (bicyclic) bond motifs is 1. The molecule has 1 saturated heterocycles. The first-order valence-corrected chi connectivity index (χ1v) is 8.12. The number of hydrogen-bond donors (Lipinski definition) is 1. The molecule has 7 nitrogen and oxygen atoms in total. The van der Waals surface area contributed by atoms with E-state index in [1.165, 1.54) is 4.57 Å². The molecule has 24 heavy (non-hydrogen) atoms. The highest BCUT2D eigenvalue weighted by molar-refractivity contribution is 5.97. The summed E-state index contributed by atoms with van der Waals surface area (Å²) in [6.45, 7) is 7.14. The van der Waals surface area contributed by atoms with Gasteiger partial charge in [0, 0.05) is 25.2 Å². The van der Waals surface area contributed by atoms with Crippen LogP contribution in [0.4, 0.5) is 0 Å². The zero-order valence-electron chi connectivity index (χ0n) is 14.0. The lowest BCUT2D eigenvalue weighted by Crippen LogP contribution is -2.48. The number of nitrogens with zero attached hydrogens (tertiary/aromatic N) is 2.